The maximum absolute atomic E-state index is 12.9. The molecule has 1 unspecified atom stereocenters. The van der Waals surface area contributed by atoms with Gasteiger partial charge in [-0.3, -0.25) is 10.3 Å². The number of hydrogen-bond acceptors (Lipinski definition) is 5. The molecule has 0 fully saturated rings. The number of aromatic nitrogens is 4. The minimum Gasteiger partial charge on any atom is -0.387 e. The molecule has 0 radical (unpaired) electrons. The van der Waals surface area contributed by atoms with Crippen molar-refractivity contribution in [1.29, 1.82) is 0 Å². The number of hydrogen-bond donors (Lipinski definition) is 3. The first-order chi connectivity index (χ1) is 15.9. The molecule has 0 bridgehead atoms. The number of amides is 2. The van der Waals surface area contributed by atoms with Crippen LogP contribution in [-0.4, -0.2) is 36.5 Å². The Morgan fingerprint density at radius 3 is 2.55 bits per heavy atom. The van der Waals surface area contributed by atoms with E-state index in [2.05, 4.69) is 25.7 Å². The maximum atomic E-state index is 12.9. The number of benzene rings is 1. The lowest BCUT2D eigenvalue weighted by Gasteiger charge is -2.35. The van der Waals surface area contributed by atoms with Crippen LogP contribution in [0.3, 0.4) is 0 Å². The second kappa shape index (κ2) is 9.38. The molecule has 1 aromatic carbocycles. The number of aryl methyl sites for hydroxylation is 1. The molecule has 1 atom stereocenters. The first-order valence-electron chi connectivity index (χ1n) is 11.0. The highest BCUT2D eigenvalue weighted by Gasteiger charge is 2.35. The van der Waals surface area contributed by atoms with Gasteiger partial charge in [0.2, 0.25) is 0 Å². The Morgan fingerprint density at radius 1 is 1.09 bits per heavy atom. The highest BCUT2D eigenvalue weighted by molar-refractivity contribution is 5.91. The van der Waals surface area contributed by atoms with Gasteiger partial charge in [0.1, 0.15) is 5.82 Å². The van der Waals surface area contributed by atoms with Gasteiger partial charge in [0, 0.05) is 17.3 Å². The normalized spacial score (nSPS) is 12.5. The minimum atomic E-state index is -1.07. The lowest BCUT2D eigenvalue weighted by molar-refractivity contribution is -0.00284. The fourth-order valence-electron chi connectivity index (χ4n) is 3.98. The number of pyridine rings is 2. The fraction of sp³-hybridized carbons (Fsp3) is 0.280. The zero-order valence-corrected chi connectivity index (χ0v) is 19.0. The van der Waals surface area contributed by atoms with E-state index < -0.39 is 17.7 Å². The van der Waals surface area contributed by atoms with Crippen LogP contribution in [0.1, 0.15) is 44.0 Å². The summed E-state index contributed by atoms with van der Waals surface area (Å²) in [5, 5.41) is 22.2. The van der Waals surface area contributed by atoms with Gasteiger partial charge in [-0.05, 0) is 43.5 Å². The largest absolute Gasteiger partial charge is 0.387 e. The van der Waals surface area contributed by atoms with Crippen LogP contribution in [0.25, 0.3) is 16.6 Å². The van der Waals surface area contributed by atoms with Crippen molar-refractivity contribution in [3.8, 4) is 5.69 Å². The van der Waals surface area contributed by atoms with Gasteiger partial charge in [0.05, 0.1) is 35.2 Å². The van der Waals surface area contributed by atoms with Crippen LogP contribution < -0.4 is 10.6 Å². The predicted molar refractivity (Wildman–Crippen MR) is 128 cm³/mol. The molecule has 8 nitrogen and oxygen atoms in total. The number of nitrogens with one attached hydrogen (secondary N) is 2. The summed E-state index contributed by atoms with van der Waals surface area (Å²) in [6.07, 6.45) is 6.15. The molecule has 0 saturated carbocycles. The Labute approximate surface area is 192 Å². The van der Waals surface area contributed by atoms with E-state index in [0.29, 0.717) is 18.7 Å². The van der Waals surface area contributed by atoms with Crippen LogP contribution in [0.15, 0.2) is 67.1 Å². The van der Waals surface area contributed by atoms with Crippen molar-refractivity contribution >= 4 is 22.8 Å². The summed E-state index contributed by atoms with van der Waals surface area (Å²) in [5.41, 5.74) is 2.38. The number of urea groups is 1. The van der Waals surface area contributed by atoms with Crippen molar-refractivity contribution in [1.82, 2.24) is 25.1 Å². The quantitative estimate of drug-likeness (QED) is 0.388. The van der Waals surface area contributed by atoms with Crippen molar-refractivity contribution in [2.24, 2.45) is 0 Å². The van der Waals surface area contributed by atoms with E-state index in [1.54, 1.807) is 29.3 Å². The zero-order chi connectivity index (χ0) is 23.4. The van der Waals surface area contributed by atoms with Crippen LogP contribution in [0, 0.1) is 6.92 Å². The van der Waals surface area contributed by atoms with Crippen molar-refractivity contribution in [3.05, 3.63) is 78.4 Å². The number of carbonyl (C=O) groups is 1. The number of aliphatic hydroxyl groups is 1. The molecule has 170 valence electrons. The van der Waals surface area contributed by atoms with E-state index in [0.717, 1.165) is 27.8 Å². The predicted octanol–water partition coefficient (Wildman–Crippen LogP) is 4.54. The SMILES string of the molecule is CCC(O)(CC)C(NC(=O)Nc1cc2cnn(-c3ccnc(C)c3)c2cn1)c1ccccc1. The average Bonchev–Trinajstić information content (AvgIpc) is 3.26. The summed E-state index contributed by atoms with van der Waals surface area (Å²) < 4.78 is 1.79. The Kier molecular flexibility index (Phi) is 6.37. The molecule has 8 heteroatoms. The van der Waals surface area contributed by atoms with Gasteiger partial charge in [-0.2, -0.15) is 5.10 Å². The number of anilines is 1. The lowest BCUT2D eigenvalue weighted by atomic mass is 9.84. The third kappa shape index (κ3) is 4.70. The average molecular weight is 445 g/mol. The number of carbonyl (C=O) groups excluding carboxylic acids is 1. The van der Waals surface area contributed by atoms with Crippen LogP contribution >= 0.6 is 0 Å². The van der Waals surface area contributed by atoms with Crippen molar-refractivity contribution in [2.75, 3.05) is 5.32 Å². The van der Waals surface area contributed by atoms with E-state index in [9.17, 15) is 9.90 Å². The van der Waals surface area contributed by atoms with E-state index in [1.807, 2.05) is 63.2 Å². The third-order valence-electron chi connectivity index (χ3n) is 5.99. The molecule has 4 aromatic rings. The summed E-state index contributed by atoms with van der Waals surface area (Å²) in [6, 6.07) is 14.1. The fourth-order valence-corrected chi connectivity index (χ4v) is 3.98. The molecule has 3 N–H and O–H groups in total. The van der Waals surface area contributed by atoms with Gasteiger partial charge in [-0.25, -0.2) is 14.5 Å². The first kappa shape index (κ1) is 22.4. The van der Waals surface area contributed by atoms with Gasteiger partial charge in [-0.15, -0.1) is 0 Å². The van der Waals surface area contributed by atoms with E-state index in [4.69, 9.17) is 0 Å². The molecule has 0 saturated heterocycles. The summed E-state index contributed by atoms with van der Waals surface area (Å²) in [4.78, 5) is 21.5. The maximum Gasteiger partial charge on any atom is 0.320 e. The molecule has 3 aromatic heterocycles. The zero-order valence-electron chi connectivity index (χ0n) is 19.0. The second-order valence-corrected chi connectivity index (χ2v) is 8.09. The summed E-state index contributed by atoms with van der Waals surface area (Å²) in [7, 11) is 0. The second-order valence-electron chi connectivity index (χ2n) is 8.09. The smallest absolute Gasteiger partial charge is 0.320 e. The van der Waals surface area contributed by atoms with Crippen LogP contribution in [0.4, 0.5) is 10.6 Å². The third-order valence-corrected chi connectivity index (χ3v) is 5.99. The Bertz CT molecular complexity index is 1250. The number of rotatable bonds is 7. The van der Waals surface area contributed by atoms with Crippen molar-refractivity contribution < 1.29 is 9.90 Å². The molecular formula is C25H28N6O2. The highest BCUT2D eigenvalue weighted by Crippen LogP contribution is 2.32. The Hall–Kier alpha value is -3.78. The van der Waals surface area contributed by atoms with E-state index >= 15 is 0 Å². The first-order valence-corrected chi connectivity index (χ1v) is 11.0. The molecule has 0 spiro atoms. The molecule has 0 aliphatic heterocycles. The molecule has 2 amide bonds. The van der Waals surface area contributed by atoms with E-state index in [-0.39, 0.29) is 0 Å². The molecule has 33 heavy (non-hydrogen) atoms. The van der Waals surface area contributed by atoms with Crippen LogP contribution in [-0.2, 0) is 0 Å². The monoisotopic (exact) mass is 444 g/mol. The molecular weight excluding hydrogens is 416 g/mol. The lowest BCUT2D eigenvalue weighted by Crippen LogP contribution is -2.46. The van der Waals surface area contributed by atoms with Gasteiger partial charge < -0.3 is 10.4 Å². The Morgan fingerprint density at radius 2 is 1.85 bits per heavy atom. The number of fused-ring (bicyclic) bond motifs is 1. The topological polar surface area (TPSA) is 105 Å². The standard InChI is InChI=1S/C25H28N6O2/c1-4-25(33,5-2)23(18-9-7-6-8-10-18)30-24(32)29-22-14-19-15-28-31(21(19)16-27-22)20-11-12-26-17(3)13-20/h6-16,23,33H,4-5H2,1-3H3,(H2,27,29,30,32). The van der Waals surface area contributed by atoms with Gasteiger partial charge in [0.15, 0.2) is 0 Å². The van der Waals surface area contributed by atoms with Gasteiger partial charge >= 0.3 is 6.03 Å². The Balaban J connectivity index is 1.55. The van der Waals surface area contributed by atoms with Gasteiger partial charge in [-0.1, -0.05) is 44.2 Å². The van der Waals surface area contributed by atoms with Crippen LogP contribution in [0.2, 0.25) is 0 Å². The molecule has 0 aliphatic carbocycles. The van der Waals surface area contributed by atoms with E-state index in [1.165, 1.54) is 0 Å². The van der Waals surface area contributed by atoms with Crippen LogP contribution in [0.5, 0.6) is 0 Å². The van der Waals surface area contributed by atoms with Crippen molar-refractivity contribution in [3.63, 3.8) is 0 Å². The van der Waals surface area contributed by atoms with Crippen molar-refractivity contribution in [2.45, 2.75) is 45.3 Å². The highest BCUT2D eigenvalue weighted by atomic mass is 16.3. The summed E-state index contributed by atoms with van der Waals surface area (Å²) >= 11 is 0. The molecule has 3 heterocycles. The van der Waals surface area contributed by atoms with Gasteiger partial charge in [0.25, 0.3) is 0 Å². The molecule has 0 aliphatic rings. The summed E-state index contributed by atoms with van der Waals surface area (Å²) in [5.74, 6) is 0.397. The molecule has 4 rings (SSSR count). The number of nitrogens with zero attached hydrogens (tertiary/aromatic N) is 4. The minimum absolute atomic E-state index is 0.397. The summed E-state index contributed by atoms with van der Waals surface area (Å²) in [6.45, 7) is 5.75.